The lowest BCUT2D eigenvalue weighted by atomic mass is 9.91. The van der Waals surface area contributed by atoms with Crippen LogP contribution in [0.4, 0.5) is 0 Å². The summed E-state index contributed by atoms with van der Waals surface area (Å²) in [5.41, 5.74) is 3.88. The maximum absolute atomic E-state index is 10.9. The smallest absolute Gasteiger partial charge is 0.310 e. The Kier molecular flexibility index (Phi) is 3.30. The monoisotopic (exact) mass is 204 g/mol. The lowest BCUT2D eigenvalue weighted by Crippen LogP contribution is -2.09. The summed E-state index contributed by atoms with van der Waals surface area (Å²) in [4.78, 5) is 10.9. The predicted molar refractivity (Wildman–Crippen MR) is 61.9 cm³/mol. The molecule has 0 aromatic heterocycles. The van der Waals surface area contributed by atoms with Crippen molar-refractivity contribution in [2.24, 2.45) is 0 Å². The first-order valence-electron chi connectivity index (χ1n) is 4.93. The van der Waals surface area contributed by atoms with Gasteiger partial charge in [0.1, 0.15) is 0 Å². The Morgan fingerprint density at radius 1 is 1.47 bits per heavy atom. The Morgan fingerprint density at radius 2 is 2.07 bits per heavy atom. The van der Waals surface area contributed by atoms with Crippen LogP contribution in [0.5, 0.6) is 0 Å². The van der Waals surface area contributed by atoms with Crippen LogP contribution in [0.2, 0.25) is 0 Å². The largest absolute Gasteiger partial charge is 0.481 e. The zero-order valence-corrected chi connectivity index (χ0v) is 9.37. The van der Waals surface area contributed by atoms with Crippen molar-refractivity contribution in [3.63, 3.8) is 0 Å². The topological polar surface area (TPSA) is 37.3 Å². The minimum absolute atomic E-state index is 0.468. The fourth-order valence-corrected chi connectivity index (χ4v) is 1.72. The van der Waals surface area contributed by atoms with E-state index in [0.717, 1.165) is 22.3 Å². The van der Waals surface area contributed by atoms with E-state index in [1.165, 1.54) is 0 Å². The van der Waals surface area contributed by atoms with E-state index in [9.17, 15) is 4.79 Å². The molecule has 0 heterocycles. The Hall–Kier alpha value is -1.57. The van der Waals surface area contributed by atoms with Gasteiger partial charge in [-0.2, -0.15) is 0 Å². The molecule has 1 aromatic rings. The normalized spacial score (nSPS) is 12.2. The number of hydrogen-bond donors (Lipinski definition) is 1. The molecule has 0 amide bonds. The number of rotatable bonds is 3. The van der Waals surface area contributed by atoms with Crippen molar-refractivity contribution >= 4 is 11.5 Å². The number of carboxylic acids is 1. The van der Waals surface area contributed by atoms with Gasteiger partial charge in [0.05, 0.1) is 5.92 Å². The summed E-state index contributed by atoms with van der Waals surface area (Å²) < 4.78 is 0. The fourth-order valence-electron chi connectivity index (χ4n) is 1.72. The van der Waals surface area contributed by atoms with E-state index in [0.29, 0.717) is 0 Å². The zero-order valence-electron chi connectivity index (χ0n) is 9.37. The van der Waals surface area contributed by atoms with E-state index in [1.807, 2.05) is 32.0 Å². The lowest BCUT2D eigenvalue weighted by Gasteiger charge is -2.14. The molecule has 0 aliphatic carbocycles. The predicted octanol–water partition coefficient (Wildman–Crippen LogP) is 3.22. The van der Waals surface area contributed by atoms with Crippen LogP contribution < -0.4 is 0 Å². The third-order valence-corrected chi connectivity index (χ3v) is 2.67. The van der Waals surface area contributed by atoms with Gasteiger partial charge >= 0.3 is 5.97 Å². The van der Waals surface area contributed by atoms with E-state index >= 15 is 0 Å². The molecule has 0 aliphatic heterocycles. The molecule has 0 saturated carbocycles. The van der Waals surface area contributed by atoms with E-state index < -0.39 is 11.9 Å². The molecule has 0 radical (unpaired) electrons. The molecule has 1 unspecified atom stereocenters. The molecule has 2 heteroatoms. The third kappa shape index (κ3) is 2.27. The Morgan fingerprint density at radius 3 is 2.53 bits per heavy atom. The highest BCUT2D eigenvalue weighted by Crippen LogP contribution is 2.25. The summed E-state index contributed by atoms with van der Waals surface area (Å²) in [6.45, 7) is 9.46. The van der Waals surface area contributed by atoms with Gasteiger partial charge in [0, 0.05) is 0 Å². The Labute approximate surface area is 90.3 Å². The van der Waals surface area contributed by atoms with Gasteiger partial charge in [-0.05, 0) is 37.5 Å². The summed E-state index contributed by atoms with van der Waals surface area (Å²) in [6, 6.07) is 5.71. The number of allylic oxidation sites excluding steroid dienone is 1. The molecule has 1 N–H and O–H groups in total. The molecule has 15 heavy (non-hydrogen) atoms. The number of carbonyl (C=O) groups is 1. The van der Waals surface area contributed by atoms with E-state index in [1.54, 1.807) is 6.92 Å². The van der Waals surface area contributed by atoms with Gasteiger partial charge < -0.3 is 5.11 Å². The summed E-state index contributed by atoms with van der Waals surface area (Å²) in [5.74, 6) is -1.26. The molecule has 0 bridgehead atoms. The summed E-state index contributed by atoms with van der Waals surface area (Å²) in [7, 11) is 0. The lowest BCUT2D eigenvalue weighted by molar-refractivity contribution is -0.138. The number of benzene rings is 1. The maximum atomic E-state index is 10.9. The Bertz CT molecular complexity index is 405. The van der Waals surface area contributed by atoms with Gasteiger partial charge in [0.15, 0.2) is 0 Å². The summed E-state index contributed by atoms with van der Waals surface area (Å²) >= 11 is 0. The van der Waals surface area contributed by atoms with Crippen LogP contribution in [0.15, 0.2) is 24.8 Å². The van der Waals surface area contributed by atoms with Crippen LogP contribution in [0.25, 0.3) is 5.57 Å². The van der Waals surface area contributed by atoms with Crippen LogP contribution >= 0.6 is 0 Å². The second-order valence-corrected chi connectivity index (χ2v) is 3.86. The standard InChI is InChI=1S/C13H16O2/c1-8(2)11-6-5-7-12(9(11)3)10(4)13(14)15/h5-7,10H,1H2,2-4H3,(H,14,15). The molecular formula is C13H16O2. The van der Waals surface area contributed by atoms with Crippen LogP contribution in [-0.2, 0) is 4.79 Å². The SMILES string of the molecule is C=C(C)c1cccc(C(C)C(=O)O)c1C. The van der Waals surface area contributed by atoms with Crippen molar-refractivity contribution in [3.05, 3.63) is 41.5 Å². The minimum Gasteiger partial charge on any atom is -0.481 e. The van der Waals surface area contributed by atoms with Crippen molar-refractivity contribution < 1.29 is 9.90 Å². The quantitative estimate of drug-likeness (QED) is 0.820. The molecular weight excluding hydrogens is 188 g/mol. The van der Waals surface area contributed by atoms with Crippen molar-refractivity contribution in [2.75, 3.05) is 0 Å². The number of carboxylic acid groups (broad SMARTS) is 1. The first-order chi connectivity index (χ1) is 6.95. The van der Waals surface area contributed by atoms with E-state index in [2.05, 4.69) is 6.58 Å². The summed E-state index contributed by atoms with van der Waals surface area (Å²) in [6.07, 6.45) is 0. The molecule has 0 saturated heterocycles. The fraction of sp³-hybridized carbons (Fsp3) is 0.308. The number of aliphatic carboxylic acids is 1. The van der Waals surface area contributed by atoms with Gasteiger partial charge in [-0.25, -0.2) is 0 Å². The van der Waals surface area contributed by atoms with E-state index in [-0.39, 0.29) is 0 Å². The number of hydrogen-bond acceptors (Lipinski definition) is 1. The van der Waals surface area contributed by atoms with E-state index in [4.69, 9.17) is 5.11 Å². The Balaban J connectivity index is 3.26. The highest BCUT2D eigenvalue weighted by atomic mass is 16.4. The molecule has 0 fully saturated rings. The van der Waals surface area contributed by atoms with Crippen molar-refractivity contribution in [1.29, 1.82) is 0 Å². The third-order valence-electron chi connectivity index (χ3n) is 2.67. The van der Waals surface area contributed by atoms with Crippen molar-refractivity contribution in [2.45, 2.75) is 26.7 Å². The van der Waals surface area contributed by atoms with Crippen LogP contribution in [0.3, 0.4) is 0 Å². The van der Waals surface area contributed by atoms with Crippen LogP contribution in [0, 0.1) is 6.92 Å². The van der Waals surface area contributed by atoms with Gasteiger partial charge in [0.2, 0.25) is 0 Å². The van der Waals surface area contributed by atoms with Gasteiger partial charge in [-0.1, -0.05) is 30.4 Å². The minimum atomic E-state index is -0.794. The highest BCUT2D eigenvalue weighted by Gasteiger charge is 2.17. The van der Waals surface area contributed by atoms with Crippen LogP contribution in [-0.4, -0.2) is 11.1 Å². The first-order valence-corrected chi connectivity index (χ1v) is 4.93. The maximum Gasteiger partial charge on any atom is 0.310 e. The summed E-state index contributed by atoms with van der Waals surface area (Å²) in [5, 5.41) is 8.97. The average Bonchev–Trinajstić information content (AvgIpc) is 2.16. The second-order valence-electron chi connectivity index (χ2n) is 3.86. The van der Waals surface area contributed by atoms with Crippen LogP contribution in [0.1, 0.15) is 36.5 Å². The van der Waals surface area contributed by atoms with Gasteiger partial charge in [-0.15, -0.1) is 0 Å². The highest BCUT2D eigenvalue weighted by molar-refractivity contribution is 5.77. The van der Waals surface area contributed by atoms with Crippen molar-refractivity contribution in [1.82, 2.24) is 0 Å². The molecule has 80 valence electrons. The molecule has 2 nitrogen and oxygen atoms in total. The first kappa shape index (κ1) is 11.5. The molecule has 1 rings (SSSR count). The molecule has 0 aliphatic rings. The average molecular weight is 204 g/mol. The molecule has 1 aromatic carbocycles. The van der Waals surface area contributed by atoms with Gasteiger partial charge in [-0.3, -0.25) is 4.79 Å². The molecule has 1 atom stereocenters. The van der Waals surface area contributed by atoms with Crippen molar-refractivity contribution in [3.8, 4) is 0 Å². The molecule has 0 spiro atoms. The second kappa shape index (κ2) is 4.30. The van der Waals surface area contributed by atoms with Gasteiger partial charge in [0.25, 0.3) is 0 Å². The zero-order chi connectivity index (χ0) is 11.6.